The van der Waals surface area contributed by atoms with E-state index < -0.39 is 11.9 Å². The molecule has 0 unspecified atom stereocenters. The van der Waals surface area contributed by atoms with E-state index >= 15 is 0 Å². The predicted molar refractivity (Wildman–Crippen MR) is 102 cm³/mol. The minimum absolute atomic E-state index is 0.145. The Morgan fingerprint density at radius 1 is 1.11 bits per heavy atom. The van der Waals surface area contributed by atoms with Crippen LogP contribution in [0.2, 0.25) is 0 Å². The molecule has 6 N–H and O–H groups in total. The van der Waals surface area contributed by atoms with Gasteiger partial charge in [-0.15, -0.1) is 0 Å². The minimum atomic E-state index is -0.791. The second-order valence-electron chi connectivity index (χ2n) is 5.94. The van der Waals surface area contributed by atoms with Gasteiger partial charge in [0.1, 0.15) is 11.6 Å². The molecule has 3 rings (SSSR count). The van der Waals surface area contributed by atoms with E-state index in [1.54, 1.807) is 6.07 Å². The van der Waals surface area contributed by atoms with Crippen LogP contribution in [0.15, 0.2) is 54.9 Å². The summed E-state index contributed by atoms with van der Waals surface area (Å²) < 4.78 is 8.00. The van der Waals surface area contributed by atoms with Crippen molar-refractivity contribution in [1.29, 1.82) is 0 Å². The number of nitrogens with one attached hydrogen (secondary N) is 2. The van der Waals surface area contributed by atoms with Gasteiger partial charge in [-0.2, -0.15) is 0 Å². The van der Waals surface area contributed by atoms with Gasteiger partial charge in [-0.3, -0.25) is 10.1 Å². The molecular weight excluding hydrogens is 346 g/mol. The molecule has 0 aliphatic rings. The number of para-hydroxylation sites is 1. The topological polar surface area (TPSA) is 128 Å². The highest BCUT2D eigenvalue weighted by Gasteiger charge is 2.17. The molecule has 0 atom stereocenters. The Bertz CT molecular complexity index is 931. The molecule has 3 aromatic rings. The number of amides is 3. The highest BCUT2D eigenvalue weighted by molar-refractivity contribution is 6.03. The molecule has 8 nitrogen and oxygen atoms in total. The van der Waals surface area contributed by atoms with E-state index in [9.17, 15) is 9.59 Å². The summed E-state index contributed by atoms with van der Waals surface area (Å²) in [7, 11) is 0. The third kappa shape index (κ3) is 4.49. The first kappa shape index (κ1) is 18.1. The number of ether oxygens (including phenoxy) is 1. The van der Waals surface area contributed by atoms with Crippen molar-refractivity contribution in [1.82, 2.24) is 9.55 Å². The Morgan fingerprint density at radius 3 is 2.56 bits per heavy atom. The van der Waals surface area contributed by atoms with Gasteiger partial charge in [0.2, 0.25) is 0 Å². The summed E-state index contributed by atoms with van der Waals surface area (Å²) in [6, 6.07) is 12.2. The van der Waals surface area contributed by atoms with Crippen LogP contribution in [0.25, 0.3) is 11.3 Å². The fraction of sp³-hybridized carbons (Fsp3) is 0.158. The normalized spacial score (nSPS) is 10.5. The maximum Gasteiger partial charge on any atom is 0.317 e. The van der Waals surface area contributed by atoms with Crippen LogP contribution in [0.5, 0.6) is 5.75 Å². The van der Waals surface area contributed by atoms with Crippen molar-refractivity contribution in [3.8, 4) is 17.0 Å². The van der Waals surface area contributed by atoms with Gasteiger partial charge in [0.05, 0.1) is 17.9 Å². The van der Waals surface area contributed by atoms with Crippen molar-refractivity contribution in [2.24, 2.45) is 11.5 Å². The zero-order valence-electron chi connectivity index (χ0n) is 14.6. The summed E-state index contributed by atoms with van der Waals surface area (Å²) in [5.41, 5.74) is 12.0. The van der Waals surface area contributed by atoms with Gasteiger partial charge >= 0.3 is 6.03 Å². The molecule has 0 fully saturated rings. The number of nitrogens with two attached hydrogens (primary N) is 2. The van der Waals surface area contributed by atoms with Crippen molar-refractivity contribution in [3.63, 3.8) is 0 Å². The number of carbonyl (C=O) groups is 2. The van der Waals surface area contributed by atoms with Gasteiger partial charge in [0, 0.05) is 24.5 Å². The van der Waals surface area contributed by atoms with E-state index in [0.29, 0.717) is 18.1 Å². The van der Waals surface area contributed by atoms with Crippen molar-refractivity contribution >= 4 is 17.8 Å². The average Bonchev–Trinajstić information content (AvgIpc) is 3.28. The molecular formula is C19H21N5O3. The number of aromatic amines is 1. The van der Waals surface area contributed by atoms with E-state index in [1.165, 1.54) is 0 Å². The van der Waals surface area contributed by atoms with Crippen molar-refractivity contribution in [2.45, 2.75) is 13.0 Å². The second-order valence-corrected chi connectivity index (χ2v) is 5.94. The number of urea groups is 1. The first-order chi connectivity index (χ1) is 13.0. The summed E-state index contributed by atoms with van der Waals surface area (Å²) in [5.74, 6) is 0.145. The van der Waals surface area contributed by atoms with Gasteiger partial charge in [-0.25, -0.2) is 4.79 Å². The number of hydrogen-bond donors (Lipinski definition) is 4. The number of aromatic nitrogens is 2. The lowest BCUT2D eigenvalue weighted by atomic mass is 10.1. The zero-order valence-corrected chi connectivity index (χ0v) is 14.6. The highest BCUT2D eigenvalue weighted by atomic mass is 16.5. The van der Waals surface area contributed by atoms with Gasteiger partial charge in [0.25, 0.3) is 5.91 Å². The van der Waals surface area contributed by atoms with E-state index in [-0.39, 0.29) is 11.4 Å². The predicted octanol–water partition coefficient (Wildman–Crippen LogP) is 2.54. The number of H-pyrrole nitrogens is 1. The minimum Gasteiger partial charge on any atom is -0.493 e. The molecule has 2 aromatic heterocycles. The van der Waals surface area contributed by atoms with Crippen LogP contribution in [0, 0.1) is 0 Å². The van der Waals surface area contributed by atoms with E-state index in [1.807, 2.05) is 48.8 Å². The quantitative estimate of drug-likeness (QED) is 0.457. The smallest absolute Gasteiger partial charge is 0.317 e. The monoisotopic (exact) mass is 367 g/mol. The van der Waals surface area contributed by atoms with Gasteiger partial charge < -0.3 is 25.8 Å². The number of hydrogen-bond acceptors (Lipinski definition) is 3. The molecule has 0 aliphatic carbocycles. The Balaban J connectivity index is 1.76. The Kier molecular flexibility index (Phi) is 5.46. The molecule has 1 aromatic carbocycles. The lowest BCUT2D eigenvalue weighted by Crippen LogP contribution is -2.22. The molecule has 0 spiro atoms. The lowest BCUT2D eigenvalue weighted by molar-refractivity contribution is 0.100. The second kappa shape index (κ2) is 8.13. The zero-order chi connectivity index (χ0) is 19.2. The fourth-order valence-electron chi connectivity index (χ4n) is 2.78. The van der Waals surface area contributed by atoms with E-state index in [0.717, 1.165) is 18.5 Å². The summed E-state index contributed by atoms with van der Waals surface area (Å²) in [6.45, 7) is 1.39. The molecule has 0 bridgehead atoms. The summed E-state index contributed by atoms with van der Waals surface area (Å²) in [5, 5.41) is 2.37. The van der Waals surface area contributed by atoms with Crippen LogP contribution in [-0.4, -0.2) is 28.1 Å². The number of carbonyl (C=O) groups excluding carboxylic acids is 2. The first-order valence-electron chi connectivity index (χ1n) is 8.47. The molecule has 0 radical (unpaired) electrons. The number of aryl methyl sites for hydroxylation is 1. The van der Waals surface area contributed by atoms with E-state index in [2.05, 4.69) is 14.9 Å². The van der Waals surface area contributed by atoms with Crippen LogP contribution in [-0.2, 0) is 6.54 Å². The number of anilines is 1. The summed E-state index contributed by atoms with van der Waals surface area (Å²) in [6.07, 6.45) is 4.85. The van der Waals surface area contributed by atoms with Gasteiger partial charge in [0.15, 0.2) is 0 Å². The third-order valence-electron chi connectivity index (χ3n) is 3.99. The molecule has 0 saturated heterocycles. The molecule has 27 heavy (non-hydrogen) atoms. The fourth-order valence-corrected chi connectivity index (χ4v) is 2.78. The standard InChI is InChI=1S/C19H21N5O3/c20-17(25)14-12-15(22-18(14)23-19(21)26)13-6-1-2-7-16(13)27-11-5-10-24-8-3-4-9-24/h1-4,6-9,12,22H,5,10-11H2,(H2,20,25)(H3,21,23,26). The van der Waals surface area contributed by atoms with Crippen LogP contribution < -0.4 is 21.5 Å². The number of primary amides is 2. The lowest BCUT2D eigenvalue weighted by Gasteiger charge is -2.11. The Labute approximate surface area is 156 Å². The van der Waals surface area contributed by atoms with Crippen molar-refractivity contribution in [3.05, 3.63) is 60.4 Å². The Hall–Kier alpha value is -3.68. The number of rotatable bonds is 8. The third-order valence-corrected chi connectivity index (χ3v) is 3.99. The largest absolute Gasteiger partial charge is 0.493 e. The molecule has 3 amide bonds. The van der Waals surface area contributed by atoms with Gasteiger partial charge in [-0.05, 0) is 36.8 Å². The molecule has 2 heterocycles. The molecule has 8 heteroatoms. The average molecular weight is 367 g/mol. The number of nitrogens with zero attached hydrogens (tertiary/aromatic N) is 1. The Morgan fingerprint density at radius 2 is 1.85 bits per heavy atom. The van der Waals surface area contributed by atoms with Crippen LogP contribution >= 0.6 is 0 Å². The summed E-state index contributed by atoms with van der Waals surface area (Å²) in [4.78, 5) is 25.7. The summed E-state index contributed by atoms with van der Waals surface area (Å²) >= 11 is 0. The highest BCUT2D eigenvalue weighted by Crippen LogP contribution is 2.32. The van der Waals surface area contributed by atoms with Crippen molar-refractivity contribution < 1.29 is 14.3 Å². The first-order valence-corrected chi connectivity index (χ1v) is 8.47. The van der Waals surface area contributed by atoms with Crippen molar-refractivity contribution in [2.75, 3.05) is 11.9 Å². The maximum atomic E-state index is 11.6. The molecule has 140 valence electrons. The van der Waals surface area contributed by atoms with Gasteiger partial charge in [-0.1, -0.05) is 12.1 Å². The molecule has 0 saturated carbocycles. The number of benzene rings is 1. The van der Waals surface area contributed by atoms with Crippen LogP contribution in [0.4, 0.5) is 10.6 Å². The van der Waals surface area contributed by atoms with Crippen LogP contribution in [0.3, 0.4) is 0 Å². The maximum absolute atomic E-state index is 11.6. The van der Waals surface area contributed by atoms with Crippen LogP contribution in [0.1, 0.15) is 16.8 Å². The van der Waals surface area contributed by atoms with E-state index in [4.69, 9.17) is 16.2 Å². The molecule has 0 aliphatic heterocycles. The SMILES string of the molecule is NC(=O)Nc1[nH]c(-c2ccccc2OCCCn2cccc2)cc1C(N)=O.